The average Bonchev–Trinajstić information content (AvgIpc) is 2.99. The summed E-state index contributed by atoms with van der Waals surface area (Å²) in [5.41, 5.74) is 1.59. The minimum atomic E-state index is 0.0721. The molecule has 1 unspecified atom stereocenters. The Morgan fingerprint density at radius 3 is 2.88 bits per heavy atom. The number of thioether (sulfide) groups is 1. The predicted octanol–water partition coefficient (Wildman–Crippen LogP) is 2.56. The maximum atomic E-state index is 12.5. The Bertz CT molecular complexity index is 730. The van der Waals surface area contributed by atoms with E-state index in [0.717, 1.165) is 31.0 Å². The van der Waals surface area contributed by atoms with Crippen molar-refractivity contribution in [1.29, 1.82) is 0 Å². The van der Waals surface area contributed by atoms with Crippen LogP contribution in [-0.4, -0.2) is 50.5 Å². The number of aromatic nitrogens is 2. The van der Waals surface area contributed by atoms with Crippen molar-refractivity contribution in [1.82, 2.24) is 14.9 Å². The number of rotatable bonds is 3. The average molecular weight is 341 g/mol. The van der Waals surface area contributed by atoms with E-state index in [9.17, 15) is 4.79 Å². The maximum absolute atomic E-state index is 12.5. The van der Waals surface area contributed by atoms with Crippen LogP contribution in [0.25, 0.3) is 0 Å². The number of pyridine rings is 2. The van der Waals surface area contributed by atoms with E-state index in [-0.39, 0.29) is 16.8 Å². The monoisotopic (exact) mass is 341 g/mol. The molecule has 24 heavy (non-hydrogen) atoms. The van der Waals surface area contributed by atoms with E-state index in [2.05, 4.69) is 9.97 Å². The molecular weight excluding hydrogens is 322 g/mol. The van der Waals surface area contributed by atoms with Gasteiger partial charge >= 0.3 is 0 Å². The fourth-order valence-electron chi connectivity index (χ4n) is 3.26. The number of amides is 1. The Balaban J connectivity index is 1.33. The summed E-state index contributed by atoms with van der Waals surface area (Å²) in [5, 5.41) is 0. The van der Waals surface area contributed by atoms with E-state index in [4.69, 9.17) is 4.74 Å². The van der Waals surface area contributed by atoms with Crippen LogP contribution >= 0.6 is 11.8 Å². The molecule has 1 amide bonds. The van der Waals surface area contributed by atoms with E-state index in [1.807, 2.05) is 53.9 Å². The SMILES string of the molecule is Cc1ccc(C(=O)N2CC3(CC(Oc4ccccn4)CS3)C2)cn1. The van der Waals surface area contributed by atoms with Crippen molar-refractivity contribution >= 4 is 17.7 Å². The predicted molar refractivity (Wildman–Crippen MR) is 93.3 cm³/mol. The third kappa shape index (κ3) is 2.98. The topological polar surface area (TPSA) is 55.3 Å². The molecule has 6 heteroatoms. The first-order valence-electron chi connectivity index (χ1n) is 8.07. The largest absolute Gasteiger partial charge is 0.473 e. The van der Waals surface area contributed by atoms with Crippen molar-refractivity contribution in [2.75, 3.05) is 18.8 Å². The van der Waals surface area contributed by atoms with Crippen molar-refractivity contribution in [2.24, 2.45) is 0 Å². The van der Waals surface area contributed by atoms with E-state index < -0.39 is 0 Å². The number of aryl methyl sites for hydroxylation is 1. The van der Waals surface area contributed by atoms with Crippen LogP contribution in [0.5, 0.6) is 5.88 Å². The number of carbonyl (C=O) groups excluding carboxylic acids is 1. The summed E-state index contributed by atoms with van der Waals surface area (Å²) in [7, 11) is 0. The van der Waals surface area contributed by atoms with Gasteiger partial charge < -0.3 is 9.64 Å². The second-order valence-electron chi connectivity index (χ2n) is 6.46. The lowest BCUT2D eigenvalue weighted by Crippen LogP contribution is -2.60. The van der Waals surface area contributed by atoms with Gasteiger partial charge in [0.1, 0.15) is 6.10 Å². The number of ether oxygens (including phenoxy) is 1. The molecule has 5 nitrogen and oxygen atoms in total. The second kappa shape index (κ2) is 6.09. The summed E-state index contributed by atoms with van der Waals surface area (Å²) in [6.07, 6.45) is 4.54. The van der Waals surface area contributed by atoms with E-state index in [0.29, 0.717) is 11.4 Å². The van der Waals surface area contributed by atoms with Gasteiger partial charge in [-0.1, -0.05) is 6.07 Å². The smallest absolute Gasteiger partial charge is 0.255 e. The first-order valence-corrected chi connectivity index (χ1v) is 9.06. The Morgan fingerprint density at radius 2 is 2.17 bits per heavy atom. The van der Waals surface area contributed by atoms with Crippen molar-refractivity contribution < 1.29 is 9.53 Å². The summed E-state index contributed by atoms with van der Waals surface area (Å²) >= 11 is 1.92. The third-order valence-corrected chi connectivity index (χ3v) is 6.08. The fourth-order valence-corrected chi connectivity index (χ4v) is 4.78. The fraction of sp³-hybridized carbons (Fsp3) is 0.389. The van der Waals surface area contributed by atoms with Crippen LogP contribution in [0.4, 0.5) is 0 Å². The molecule has 1 spiro atoms. The van der Waals surface area contributed by atoms with E-state index in [1.165, 1.54) is 0 Å². The molecule has 4 heterocycles. The molecule has 0 radical (unpaired) electrons. The minimum absolute atomic E-state index is 0.0721. The molecule has 2 aromatic rings. The normalized spacial score (nSPS) is 21.5. The van der Waals surface area contributed by atoms with Crippen LogP contribution in [0.2, 0.25) is 0 Å². The molecule has 4 rings (SSSR count). The van der Waals surface area contributed by atoms with Gasteiger partial charge in [0.25, 0.3) is 5.91 Å². The zero-order valence-corrected chi connectivity index (χ0v) is 14.3. The summed E-state index contributed by atoms with van der Waals surface area (Å²) in [6.45, 7) is 3.49. The molecule has 0 saturated carbocycles. The molecule has 0 N–H and O–H groups in total. The number of likely N-dealkylation sites (tertiary alicyclic amines) is 1. The Hall–Kier alpha value is -2.08. The quantitative estimate of drug-likeness (QED) is 0.859. The second-order valence-corrected chi connectivity index (χ2v) is 7.94. The van der Waals surface area contributed by atoms with Gasteiger partial charge in [-0.2, -0.15) is 0 Å². The molecule has 2 aliphatic rings. The van der Waals surface area contributed by atoms with Crippen molar-refractivity contribution in [3.63, 3.8) is 0 Å². The van der Waals surface area contributed by atoms with Gasteiger partial charge in [0.05, 0.1) is 10.3 Å². The van der Waals surface area contributed by atoms with Gasteiger partial charge in [-0.15, -0.1) is 11.8 Å². The molecule has 1 atom stereocenters. The molecule has 2 aromatic heterocycles. The van der Waals surface area contributed by atoms with Gasteiger partial charge in [0.2, 0.25) is 5.88 Å². The summed E-state index contributed by atoms with van der Waals surface area (Å²) in [4.78, 5) is 22.8. The summed E-state index contributed by atoms with van der Waals surface area (Å²) in [5.74, 6) is 1.70. The number of nitrogens with zero attached hydrogens (tertiary/aromatic N) is 3. The molecule has 2 fully saturated rings. The highest BCUT2D eigenvalue weighted by molar-refractivity contribution is 8.01. The molecule has 124 valence electrons. The molecular formula is C18H19N3O2S. The zero-order valence-electron chi connectivity index (χ0n) is 13.5. The Kier molecular flexibility index (Phi) is 3.92. The molecule has 2 aliphatic heterocycles. The lowest BCUT2D eigenvalue weighted by atomic mass is 9.92. The van der Waals surface area contributed by atoms with Gasteiger partial charge in [-0.05, 0) is 25.1 Å². The molecule has 0 bridgehead atoms. The number of hydrogen-bond acceptors (Lipinski definition) is 5. The van der Waals surface area contributed by atoms with E-state index >= 15 is 0 Å². The van der Waals surface area contributed by atoms with Crippen LogP contribution in [0.15, 0.2) is 42.7 Å². The minimum Gasteiger partial charge on any atom is -0.473 e. The summed E-state index contributed by atoms with van der Waals surface area (Å²) < 4.78 is 6.10. The highest BCUT2D eigenvalue weighted by Gasteiger charge is 2.51. The van der Waals surface area contributed by atoms with Gasteiger partial charge in [-0.3, -0.25) is 9.78 Å². The summed E-state index contributed by atoms with van der Waals surface area (Å²) in [6, 6.07) is 9.43. The number of hydrogen-bond donors (Lipinski definition) is 0. The van der Waals surface area contributed by atoms with Gasteiger partial charge in [0, 0.05) is 49.4 Å². The zero-order chi connectivity index (χ0) is 16.6. The van der Waals surface area contributed by atoms with Crippen LogP contribution in [0.3, 0.4) is 0 Å². The lowest BCUT2D eigenvalue weighted by Gasteiger charge is -2.47. The Morgan fingerprint density at radius 1 is 1.29 bits per heavy atom. The molecule has 0 aromatic carbocycles. The third-order valence-electron chi connectivity index (χ3n) is 4.50. The molecule has 0 aliphatic carbocycles. The van der Waals surface area contributed by atoms with E-state index in [1.54, 1.807) is 12.4 Å². The lowest BCUT2D eigenvalue weighted by molar-refractivity contribution is 0.0515. The van der Waals surface area contributed by atoms with Crippen LogP contribution in [0, 0.1) is 6.92 Å². The van der Waals surface area contributed by atoms with Crippen molar-refractivity contribution in [3.8, 4) is 5.88 Å². The van der Waals surface area contributed by atoms with Crippen molar-refractivity contribution in [3.05, 3.63) is 54.0 Å². The van der Waals surface area contributed by atoms with Gasteiger partial charge in [0.15, 0.2) is 0 Å². The van der Waals surface area contributed by atoms with Gasteiger partial charge in [-0.25, -0.2) is 4.98 Å². The standard InChI is InChI=1S/C18H19N3O2S/c1-13-5-6-14(9-20-13)17(22)21-11-18(12-21)8-15(10-24-18)23-16-4-2-3-7-19-16/h2-7,9,15H,8,10-12H2,1H3. The van der Waals surface area contributed by atoms with Crippen LogP contribution in [0.1, 0.15) is 22.5 Å². The Labute approximate surface area is 145 Å². The highest BCUT2D eigenvalue weighted by Crippen LogP contribution is 2.46. The maximum Gasteiger partial charge on any atom is 0.255 e. The molecule has 2 saturated heterocycles. The first kappa shape index (κ1) is 15.4. The van der Waals surface area contributed by atoms with Crippen LogP contribution in [-0.2, 0) is 0 Å². The van der Waals surface area contributed by atoms with Crippen LogP contribution < -0.4 is 4.74 Å². The van der Waals surface area contributed by atoms with Crippen molar-refractivity contribution in [2.45, 2.75) is 24.2 Å². The first-order chi connectivity index (χ1) is 11.6. The number of carbonyl (C=O) groups is 1. The highest BCUT2D eigenvalue weighted by atomic mass is 32.2.